The SMILES string of the molecule is CC1(C)C2C3C=C[C@]45[C@@H]1CC[C@@]4(O)CC[C@@]325. The second kappa shape index (κ2) is 1.84. The van der Waals surface area contributed by atoms with Gasteiger partial charge in [-0.3, -0.25) is 0 Å². The summed E-state index contributed by atoms with van der Waals surface area (Å²) in [5, 5.41) is 11.1. The van der Waals surface area contributed by atoms with Gasteiger partial charge in [0.25, 0.3) is 0 Å². The molecule has 0 saturated heterocycles. The molecule has 0 radical (unpaired) electrons. The topological polar surface area (TPSA) is 20.2 Å². The highest BCUT2D eigenvalue weighted by Crippen LogP contribution is 2.95. The van der Waals surface area contributed by atoms with Crippen molar-refractivity contribution in [2.24, 2.45) is 34.0 Å². The lowest BCUT2D eigenvalue weighted by Gasteiger charge is -2.41. The average Bonchev–Trinajstić information content (AvgIpc) is 2.43. The van der Waals surface area contributed by atoms with Gasteiger partial charge in [-0.1, -0.05) is 26.0 Å². The van der Waals surface area contributed by atoms with Crippen LogP contribution in [0.15, 0.2) is 12.2 Å². The van der Waals surface area contributed by atoms with Crippen LogP contribution in [0.2, 0.25) is 0 Å². The van der Waals surface area contributed by atoms with Gasteiger partial charge in [-0.2, -0.15) is 0 Å². The first-order valence-electron chi connectivity index (χ1n) is 6.92. The van der Waals surface area contributed by atoms with Crippen LogP contribution >= 0.6 is 0 Å². The Balaban J connectivity index is 1.87. The monoisotopic (exact) mass is 216 g/mol. The summed E-state index contributed by atoms with van der Waals surface area (Å²) in [6.45, 7) is 4.95. The molecule has 2 unspecified atom stereocenters. The van der Waals surface area contributed by atoms with Gasteiger partial charge in [0.05, 0.1) is 5.60 Å². The first kappa shape index (κ1) is 8.74. The normalized spacial score (nSPS) is 70.8. The van der Waals surface area contributed by atoms with E-state index in [9.17, 15) is 5.11 Å². The number of hydrogen-bond donors (Lipinski definition) is 1. The van der Waals surface area contributed by atoms with Crippen LogP contribution in [0, 0.1) is 34.0 Å². The maximum Gasteiger partial charge on any atom is 0.0746 e. The van der Waals surface area contributed by atoms with Crippen LogP contribution in [0.5, 0.6) is 0 Å². The van der Waals surface area contributed by atoms with Gasteiger partial charge in [0, 0.05) is 5.41 Å². The van der Waals surface area contributed by atoms with Gasteiger partial charge in [-0.25, -0.2) is 0 Å². The van der Waals surface area contributed by atoms with Gasteiger partial charge >= 0.3 is 0 Å². The summed E-state index contributed by atoms with van der Waals surface area (Å²) in [4.78, 5) is 0. The molecule has 4 fully saturated rings. The second-order valence-corrected chi connectivity index (χ2v) is 7.72. The number of allylic oxidation sites excluding steroid dienone is 1. The van der Waals surface area contributed by atoms with Gasteiger partial charge in [0.2, 0.25) is 0 Å². The molecule has 6 atom stereocenters. The first-order valence-corrected chi connectivity index (χ1v) is 6.92. The predicted molar refractivity (Wildman–Crippen MR) is 61.7 cm³/mol. The van der Waals surface area contributed by atoms with E-state index >= 15 is 0 Å². The molecule has 2 spiro atoms. The van der Waals surface area contributed by atoms with Gasteiger partial charge in [-0.15, -0.1) is 0 Å². The van der Waals surface area contributed by atoms with E-state index in [1.54, 1.807) is 0 Å². The Labute approximate surface area is 96.9 Å². The molecule has 0 bridgehead atoms. The lowest BCUT2D eigenvalue weighted by atomic mass is 9.64. The third kappa shape index (κ3) is 0.468. The quantitative estimate of drug-likeness (QED) is 0.617. The van der Waals surface area contributed by atoms with E-state index in [0.717, 1.165) is 30.6 Å². The first-order chi connectivity index (χ1) is 7.51. The average molecular weight is 216 g/mol. The maximum atomic E-state index is 11.1. The summed E-state index contributed by atoms with van der Waals surface area (Å²) < 4.78 is 0. The maximum absolute atomic E-state index is 11.1. The smallest absolute Gasteiger partial charge is 0.0746 e. The van der Waals surface area contributed by atoms with Crippen molar-refractivity contribution >= 4 is 0 Å². The number of aliphatic hydroxyl groups is 1. The lowest BCUT2D eigenvalue weighted by molar-refractivity contribution is -0.0456. The Morgan fingerprint density at radius 3 is 2.81 bits per heavy atom. The zero-order chi connectivity index (χ0) is 11.0. The summed E-state index contributed by atoms with van der Waals surface area (Å²) in [5.41, 5.74) is 0.871. The van der Waals surface area contributed by atoms with Crippen molar-refractivity contribution in [3.05, 3.63) is 12.2 Å². The van der Waals surface area contributed by atoms with Gasteiger partial charge in [0.1, 0.15) is 0 Å². The van der Waals surface area contributed by atoms with Crippen LogP contribution in [0.3, 0.4) is 0 Å². The highest BCUT2D eigenvalue weighted by Gasteiger charge is 2.93. The Morgan fingerprint density at radius 2 is 2.00 bits per heavy atom. The van der Waals surface area contributed by atoms with Crippen molar-refractivity contribution in [3.8, 4) is 0 Å². The molecule has 5 rings (SSSR count). The molecular weight excluding hydrogens is 196 g/mol. The molecule has 5 aliphatic carbocycles. The van der Waals surface area contributed by atoms with Crippen molar-refractivity contribution in [1.82, 2.24) is 0 Å². The minimum absolute atomic E-state index is 0.207. The zero-order valence-corrected chi connectivity index (χ0v) is 10.2. The minimum Gasteiger partial charge on any atom is -0.389 e. The van der Waals surface area contributed by atoms with E-state index in [-0.39, 0.29) is 11.0 Å². The molecule has 4 saturated carbocycles. The molecule has 0 heterocycles. The van der Waals surface area contributed by atoms with Crippen LogP contribution in [0.4, 0.5) is 0 Å². The molecule has 0 aromatic rings. The van der Waals surface area contributed by atoms with E-state index in [0.29, 0.717) is 10.8 Å². The van der Waals surface area contributed by atoms with Crippen molar-refractivity contribution < 1.29 is 5.11 Å². The van der Waals surface area contributed by atoms with Crippen LogP contribution < -0.4 is 0 Å². The molecule has 86 valence electrons. The fourth-order valence-corrected chi connectivity index (χ4v) is 7.44. The van der Waals surface area contributed by atoms with Crippen molar-refractivity contribution in [1.29, 1.82) is 0 Å². The van der Waals surface area contributed by atoms with Crippen LogP contribution in [-0.4, -0.2) is 10.7 Å². The molecule has 0 amide bonds. The third-order valence-corrected chi connectivity index (χ3v) is 7.55. The molecule has 5 aliphatic rings. The van der Waals surface area contributed by atoms with Crippen LogP contribution in [0.25, 0.3) is 0 Å². The highest BCUT2D eigenvalue weighted by atomic mass is 16.3. The summed E-state index contributed by atoms with van der Waals surface area (Å²) in [7, 11) is 0. The Kier molecular flexibility index (Phi) is 1.01. The van der Waals surface area contributed by atoms with Crippen LogP contribution in [0.1, 0.15) is 39.5 Å². The van der Waals surface area contributed by atoms with Gasteiger partial charge < -0.3 is 5.11 Å². The van der Waals surface area contributed by atoms with E-state index in [4.69, 9.17) is 0 Å². The number of hydrogen-bond acceptors (Lipinski definition) is 1. The molecule has 0 aromatic heterocycles. The fraction of sp³-hybridized carbons (Fsp3) is 0.867. The molecular formula is C15H20O. The summed E-state index contributed by atoms with van der Waals surface area (Å²) in [6.07, 6.45) is 9.64. The Hall–Kier alpha value is -0.300. The predicted octanol–water partition coefficient (Wildman–Crippen LogP) is 2.75. The van der Waals surface area contributed by atoms with Gasteiger partial charge in [-0.05, 0) is 54.3 Å². The number of rotatable bonds is 0. The highest BCUT2D eigenvalue weighted by molar-refractivity contribution is 5.50. The third-order valence-electron chi connectivity index (χ3n) is 7.55. The Morgan fingerprint density at radius 1 is 1.19 bits per heavy atom. The largest absolute Gasteiger partial charge is 0.389 e. The molecule has 1 N–H and O–H groups in total. The number of fused-ring (bicyclic) bond motifs is 1. The fourth-order valence-electron chi connectivity index (χ4n) is 7.44. The van der Waals surface area contributed by atoms with Crippen molar-refractivity contribution in [2.45, 2.75) is 45.1 Å². The molecule has 16 heavy (non-hydrogen) atoms. The standard InChI is InChI=1S/C15H20O/c1-12(2)10-4-5-13(16)7-8-14-9(11(12)14)3-6-15(10,13)14/h3,6,9-11,16H,4-5,7-8H2,1-2H3/t9?,10-,11?,13-,14-,15+/m1/s1. The Bertz CT molecular complexity index is 450. The lowest BCUT2D eigenvalue weighted by Crippen LogP contribution is -2.44. The van der Waals surface area contributed by atoms with E-state index < -0.39 is 0 Å². The van der Waals surface area contributed by atoms with Crippen molar-refractivity contribution in [2.75, 3.05) is 0 Å². The molecule has 1 heteroatoms. The minimum atomic E-state index is -0.328. The molecule has 0 aliphatic heterocycles. The second-order valence-electron chi connectivity index (χ2n) is 7.72. The van der Waals surface area contributed by atoms with Crippen LogP contribution in [-0.2, 0) is 0 Å². The van der Waals surface area contributed by atoms with Crippen molar-refractivity contribution in [3.63, 3.8) is 0 Å². The zero-order valence-electron chi connectivity index (χ0n) is 10.2. The summed E-state index contributed by atoms with van der Waals surface area (Å²) in [5.74, 6) is 2.47. The summed E-state index contributed by atoms with van der Waals surface area (Å²) in [6, 6.07) is 0. The molecule has 1 nitrogen and oxygen atoms in total. The van der Waals surface area contributed by atoms with E-state index in [2.05, 4.69) is 26.0 Å². The molecule has 0 aromatic carbocycles. The van der Waals surface area contributed by atoms with E-state index in [1.165, 1.54) is 12.8 Å². The summed E-state index contributed by atoms with van der Waals surface area (Å²) >= 11 is 0. The van der Waals surface area contributed by atoms with Gasteiger partial charge in [0.15, 0.2) is 0 Å². The van der Waals surface area contributed by atoms with E-state index in [1.807, 2.05) is 0 Å².